The Hall–Kier alpha value is -2.67. The number of aromatic amines is 1. The van der Waals surface area contributed by atoms with Gasteiger partial charge in [0.15, 0.2) is 0 Å². The molecular weight excluding hydrogens is 312 g/mol. The molecular formula is C16H14N4O2S. The summed E-state index contributed by atoms with van der Waals surface area (Å²) in [5, 5.41) is 8.58. The van der Waals surface area contributed by atoms with Crippen LogP contribution in [0.2, 0.25) is 0 Å². The Balaban J connectivity index is 1.64. The molecule has 0 unspecified atom stereocenters. The second kappa shape index (κ2) is 6.62. The molecule has 0 bridgehead atoms. The summed E-state index contributed by atoms with van der Waals surface area (Å²) in [6, 6.07) is 8.24. The molecule has 0 spiro atoms. The number of H-pyrrole nitrogens is 1. The van der Waals surface area contributed by atoms with Crippen LogP contribution >= 0.6 is 11.3 Å². The van der Waals surface area contributed by atoms with E-state index in [2.05, 4.69) is 44.4 Å². The van der Waals surface area contributed by atoms with Crippen molar-refractivity contribution in [3.8, 4) is 0 Å². The van der Waals surface area contributed by atoms with Gasteiger partial charge in [-0.3, -0.25) is 14.7 Å². The van der Waals surface area contributed by atoms with Gasteiger partial charge in [-0.1, -0.05) is 29.8 Å². The molecule has 6 nitrogen and oxygen atoms in total. The van der Waals surface area contributed by atoms with Crippen molar-refractivity contribution in [2.75, 3.05) is 0 Å². The number of benzene rings is 1. The van der Waals surface area contributed by atoms with Gasteiger partial charge in [-0.25, -0.2) is 9.97 Å². The van der Waals surface area contributed by atoms with Crippen molar-refractivity contribution in [1.29, 1.82) is 0 Å². The summed E-state index contributed by atoms with van der Waals surface area (Å²) in [7, 11) is 0. The number of nitrogens with one attached hydrogen (secondary N) is 1. The summed E-state index contributed by atoms with van der Waals surface area (Å²) in [5.74, 6) is -1.35. The molecule has 1 N–H and O–H groups in total. The molecule has 0 fully saturated rings. The first kappa shape index (κ1) is 15.2. The molecule has 2 heterocycles. The van der Waals surface area contributed by atoms with E-state index in [1.807, 2.05) is 12.3 Å². The number of hydrogen-bond donors (Lipinski definition) is 1. The quantitative estimate of drug-likeness (QED) is 0.554. The fourth-order valence-corrected chi connectivity index (χ4v) is 2.88. The number of carbonyl (C=O) groups is 2. The summed E-state index contributed by atoms with van der Waals surface area (Å²) in [6.07, 6.45) is 1.95. The molecule has 2 aromatic heterocycles. The van der Waals surface area contributed by atoms with Crippen molar-refractivity contribution in [2.45, 2.75) is 19.8 Å². The van der Waals surface area contributed by atoms with Gasteiger partial charge in [0.1, 0.15) is 11.3 Å². The molecule has 0 saturated carbocycles. The van der Waals surface area contributed by atoms with Crippen LogP contribution in [-0.4, -0.2) is 31.7 Å². The lowest BCUT2D eigenvalue weighted by atomic mass is 10.1. The van der Waals surface area contributed by atoms with Crippen LogP contribution in [0.25, 0.3) is 0 Å². The first-order chi connectivity index (χ1) is 11.1. The summed E-state index contributed by atoms with van der Waals surface area (Å²) in [6.45, 7) is 2.04. The molecule has 7 heteroatoms. The molecule has 3 rings (SSSR count). The third kappa shape index (κ3) is 3.75. The highest BCUT2D eigenvalue weighted by Gasteiger charge is 2.21. The normalized spacial score (nSPS) is 10.7. The zero-order chi connectivity index (χ0) is 16.2. The molecule has 116 valence electrons. The number of aryl methyl sites for hydroxylation is 1. The predicted molar refractivity (Wildman–Crippen MR) is 85.5 cm³/mol. The minimum Gasteiger partial charge on any atom is -0.290 e. The van der Waals surface area contributed by atoms with E-state index < -0.39 is 11.6 Å². The lowest BCUT2D eigenvalue weighted by Gasteiger charge is -1.99. The molecule has 23 heavy (non-hydrogen) atoms. The third-order valence-electron chi connectivity index (χ3n) is 3.29. The van der Waals surface area contributed by atoms with Gasteiger partial charge in [0.2, 0.25) is 11.6 Å². The predicted octanol–water partition coefficient (Wildman–Crippen LogP) is 2.15. The second-order valence-electron chi connectivity index (χ2n) is 5.15. The number of Topliss-reactive ketones (excluding diaryl/α,β-unsaturated/α-hetero) is 2. The number of carbonyl (C=O) groups excluding carboxylic acids is 2. The number of ketones is 2. The van der Waals surface area contributed by atoms with Gasteiger partial charge < -0.3 is 0 Å². The fraction of sp³-hybridized carbons (Fsp3) is 0.188. The Labute approximate surface area is 136 Å². The number of nitrogens with zero attached hydrogens (tertiary/aromatic N) is 3. The van der Waals surface area contributed by atoms with E-state index in [0.29, 0.717) is 11.4 Å². The maximum atomic E-state index is 11.9. The first-order valence-corrected chi connectivity index (χ1v) is 7.92. The lowest BCUT2D eigenvalue weighted by Crippen LogP contribution is -2.18. The van der Waals surface area contributed by atoms with E-state index in [1.54, 1.807) is 0 Å². The van der Waals surface area contributed by atoms with Gasteiger partial charge in [-0.05, 0) is 12.5 Å². The first-order valence-electron chi connectivity index (χ1n) is 7.04. The van der Waals surface area contributed by atoms with Gasteiger partial charge in [0, 0.05) is 11.8 Å². The molecule has 0 aliphatic heterocycles. The van der Waals surface area contributed by atoms with Gasteiger partial charge in [0.25, 0.3) is 5.78 Å². The molecule has 0 saturated heterocycles. The summed E-state index contributed by atoms with van der Waals surface area (Å²) in [4.78, 5) is 31.9. The Morgan fingerprint density at radius 2 is 2.00 bits per heavy atom. The van der Waals surface area contributed by atoms with Gasteiger partial charge in [0.05, 0.1) is 12.1 Å². The number of aromatic nitrogens is 4. The van der Waals surface area contributed by atoms with E-state index in [0.717, 1.165) is 11.3 Å². The smallest absolute Gasteiger partial charge is 0.268 e. The van der Waals surface area contributed by atoms with Crippen LogP contribution in [0.15, 0.2) is 36.0 Å². The van der Waals surface area contributed by atoms with Crippen LogP contribution < -0.4 is 0 Å². The number of rotatable bonds is 6. The molecule has 1 aromatic carbocycles. The monoisotopic (exact) mass is 326 g/mol. The molecule has 0 amide bonds. The topological polar surface area (TPSA) is 88.6 Å². The Morgan fingerprint density at radius 1 is 1.22 bits per heavy atom. The fourth-order valence-electron chi connectivity index (χ4n) is 2.09. The van der Waals surface area contributed by atoms with E-state index in [-0.39, 0.29) is 12.2 Å². The summed E-state index contributed by atoms with van der Waals surface area (Å²) >= 11 is 1.38. The van der Waals surface area contributed by atoms with E-state index >= 15 is 0 Å². The van der Waals surface area contributed by atoms with E-state index in [1.165, 1.54) is 23.2 Å². The van der Waals surface area contributed by atoms with Crippen LogP contribution in [0.5, 0.6) is 0 Å². The molecule has 3 aromatic rings. The SMILES string of the molecule is Cc1ccc(Cc2csc(CC(=O)C(=O)c3nc[nH]n3)n2)cc1. The Morgan fingerprint density at radius 3 is 2.70 bits per heavy atom. The summed E-state index contributed by atoms with van der Waals surface area (Å²) < 4.78 is 0. The van der Waals surface area contributed by atoms with Crippen molar-refractivity contribution in [3.63, 3.8) is 0 Å². The minimum absolute atomic E-state index is 0.0219. The minimum atomic E-state index is -0.693. The van der Waals surface area contributed by atoms with Crippen LogP contribution in [0.1, 0.15) is 32.4 Å². The van der Waals surface area contributed by atoms with Crippen LogP contribution in [0.4, 0.5) is 0 Å². The molecule has 0 aliphatic rings. The highest BCUT2D eigenvalue weighted by molar-refractivity contribution is 7.09. The summed E-state index contributed by atoms with van der Waals surface area (Å²) in [5.41, 5.74) is 3.27. The molecule has 0 radical (unpaired) electrons. The van der Waals surface area contributed by atoms with Crippen molar-refractivity contribution in [1.82, 2.24) is 20.2 Å². The van der Waals surface area contributed by atoms with Crippen molar-refractivity contribution in [2.24, 2.45) is 0 Å². The largest absolute Gasteiger partial charge is 0.290 e. The standard InChI is InChI=1S/C16H14N4O2S/c1-10-2-4-11(5-3-10)6-12-8-23-14(19-12)7-13(21)15(22)16-17-9-18-20-16/h2-5,8-9H,6-7H2,1H3,(H,17,18,20). The maximum absolute atomic E-state index is 11.9. The zero-order valence-electron chi connectivity index (χ0n) is 12.4. The Kier molecular flexibility index (Phi) is 4.38. The number of hydrogen-bond acceptors (Lipinski definition) is 6. The van der Waals surface area contributed by atoms with Crippen molar-refractivity contribution in [3.05, 3.63) is 63.6 Å². The van der Waals surface area contributed by atoms with Gasteiger partial charge in [-0.15, -0.1) is 16.4 Å². The highest BCUT2D eigenvalue weighted by Crippen LogP contribution is 2.15. The van der Waals surface area contributed by atoms with Gasteiger partial charge >= 0.3 is 0 Å². The van der Waals surface area contributed by atoms with Crippen molar-refractivity contribution < 1.29 is 9.59 Å². The third-order valence-corrected chi connectivity index (χ3v) is 4.19. The van der Waals surface area contributed by atoms with Crippen LogP contribution in [-0.2, 0) is 17.6 Å². The van der Waals surface area contributed by atoms with Crippen molar-refractivity contribution >= 4 is 22.9 Å². The van der Waals surface area contributed by atoms with E-state index in [9.17, 15) is 9.59 Å². The maximum Gasteiger partial charge on any atom is 0.268 e. The van der Waals surface area contributed by atoms with Gasteiger partial charge in [-0.2, -0.15) is 0 Å². The van der Waals surface area contributed by atoms with Crippen LogP contribution in [0, 0.1) is 6.92 Å². The number of thiazole rings is 1. The average molecular weight is 326 g/mol. The average Bonchev–Trinajstić information content (AvgIpc) is 3.21. The lowest BCUT2D eigenvalue weighted by molar-refractivity contribution is -0.114. The highest BCUT2D eigenvalue weighted by atomic mass is 32.1. The molecule has 0 aliphatic carbocycles. The van der Waals surface area contributed by atoms with Crippen LogP contribution in [0.3, 0.4) is 0 Å². The Bertz CT molecular complexity index is 822. The zero-order valence-corrected chi connectivity index (χ0v) is 13.3. The van der Waals surface area contributed by atoms with E-state index in [4.69, 9.17) is 0 Å². The molecule has 0 atom stereocenters. The second-order valence-corrected chi connectivity index (χ2v) is 6.09.